The minimum Gasteiger partial charge on any atom is -0.493 e. The van der Waals surface area contributed by atoms with Gasteiger partial charge >= 0.3 is 5.97 Å². The third-order valence-electron chi connectivity index (χ3n) is 3.95. The summed E-state index contributed by atoms with van der Waals surface area (Å²) in [5, 5.41) is 9.07. The van der Waals surface area contributed by atoms with Crippen LogP contribution in [0.5, 0.6) is 5.75 Å². The van der Waals surface area contributed by atoms with E-state index in [1.165, 1.54) is 6.08 Å². The first-order valence-corrected chi connectivity index (χ1v) is 8.61. The maximum atomic E-state index is 11.1. The molecule has 24 heavy (non-hydrogen) atoms. The van der Waals surface area contributed by atoms with Crippen LogP contribution in [0.15, 0.2) is 18.2 Å². The molecule has 0 heterocycles. The van der Waals surface area contributed by atoms with Crippen molar-refractivity contribution in [2.75, 3.05) is 6.61 Å². The average molecular weight is 332 g/mol. The van der Waals surface area contributed by atoms with Crippen molar-refractivity contribution in [3.05, 3.63) is 34.9 Å². The molecule has 0 aliphatic heterocycles. The van der Waals surface area contributed by atoms with Crippen molar-refractivity contribution in [2.24, 2.45) is 0 Å². The lowest BCUT2D eigenvalue weighted by molar-refractivity contribution is -0.131. The van der Waals surface area contributed by atoms with Gasteiger partial charge in [0.05, 0.1) is 6.61 Å². The molecule has 0 aromatic heterocycles. The molecule has 0 unspecified atom stereocenters. The van der Waals surface area contributed by atoms with Crippen molar-refractivity contribution in [1.29, 1.82) is 0 Å². The summed E-state index contributed by atoms with van der Waals surface area (Å²) < 4.78 is 6.15. The predicted molar refractivity (Wildman–Crippen MR) is 101 cm³/mol. The van der Waals surface area contributed by atoms with E-state index in [-0.39, 0.29) is 10.8 Å². The summed E-state index contributed by atoms with van der Waals surface area (Å²) in [5.74, 6) is 0.0251. The number of carboxylic acid groups (broad SMARTS) is 1. The molecule has 3 nitrogen and oxygen atoms in total. The van der Waals surface area contributed by atoms with Crippen molar-refractivity contribution in [2.45, 2.75) is 72.6 Å². The Labute approximate surface area is 146 Å². The van der Waals surface area contributed by atoms with Gasteiger partial charge in [-0.15, -0.1) is 0 Å². The zero-order valence-corrected chi connectivity index (χ0v) is 16.4. The molecule has 0 radical (unpaired) electrons. The summed E-state index contributed by atoms with van der Waals surface area (Å²) in [6.45, 7) is 17.6. The van der Waals surface area contributed by atoms with Crippen molar-refractivity contribution in [3.63, 3.8) is 0 Å². The van der Waals surface area contributed by atoms with Crippen LogP contribution < -0.4 is 4.74 Å². The molecule has 1 rings (SSSR count). The minimum atomic E-state index is -0.923. The molecule has 0 amide bonds. The number of ether oxygens (including phenoxy) is 1. The number of benzene rings is 1. The highest BCUT2D eigenvalue weighted by Gasteiger charge is 2.28. The van der Waals surface area contributed by atoms with Crippen LogP contribution in [0.2, 0.25) is 0 Å². The molecular weight excluding hydrogens is 300 g/mol. The first-order chi connectivity index (χ1) is 10.9. The Hall–Kier alpha value is -1.77. The molecule has 0 saturated carbocycles. The van der Waals surface area contributed by atoms with E-state index in [0.29, 0.717) is 6.61 Å². The van der Waals surface area contributed by atoms with Gasteiger partial charge in [0.1, 0.15) is 5.75 Å². The van der Waals surface area contributed by atoms with Gasteiger partial charge in [0.15, 0.2) is 0 Å². The lowest BCUT2D eigenvalue weighted by Crippen LogP contribution is -2.20. The Morgan fingerprint density at radius 1 is 1.08 bits per heavy atom. The van der Waals surface area contributed by atoms with Gasteiger partial charge in [-0.25, -0.2) is 4.79 Å². The maximum Gasteiger partial charge on any atom is 0.328 e. The highest BCUT2D eigenvalue weighted by molar-refractivity contribution is 5.89. The third kappa shape index (κ3) is 5.12. The number of rotatable bonds is 5. The zero-order valence-electron chi connectivity index (χ0n) is 16.4. The molecule has 0 saturated heterocycles. The number of aliphatic carboxylic acids is 1. The van der Waals surface area contributed by atoms with Gasteiger partial charge in [-0.1, -0.05) is 48.5 Å². The van der Waals surface area contributed by atoms with Crippen molar-refractivity contribution >= 4 is 11.5 Å². The first kappa shape index (κ1) is 20.3. The number of carboxylic acids is 1. The van der Waals surface area contributed by atoms with Gasteiger partial charge in [-0.05, 0) is 47.4 Å². The van der Waals surface area contributed by atoms with Crippen LogP contribution in [-0.4, -0.2) is 17.7 Å². The Balaban J connectivity index is 3.72. The number of allylic oxidation sites excluding steroid dienone is 1. The standard InChI is InChI=1S/C21H32O3/c1-9-10-24-19-16(20(3,4)5)12-15(14(2)11-18(22)23)13-17(19)21(6,7)8/h11-13H,9-10H2,1-8H3,(H,22,23)/b14-11+. The first-order valence-electron chi connectivity index (χ1n) is 8.61. The van der Waals surface area contributed by atoms with Gasteiger partial charge < -0.3 is 9.84 Å². The Kier molecular flexibility index (Phi) is 6.26. The van der Waals surface area contributed by atoms with Gasteiger partial charge in [0.2, 0.25) is 0 Å². The average Bonchev–Trinajstić information content (AvgIpc) is 2.41. The van der Waals surface area contributed by atoms with Crippen LogP contribution in [-0.2, 0) is 15.6 Å². The second-order valence-electron chi connectivity index (χ2n) is 8.41. The molecule has 3 heteroatoms. The summed E-state index contributed by atoms with van der Waals surface area (Å²) in [6, 6.07) is 4.16. The third-order valence-corrected chi connectivity index (χ3v) is 3.95. The largest absolute Gasteiger partial charge is 0.493 e. The second-order valence-corrected chi connectivity index (χ2v) is 8.41. The fourth-order valence-electron chi connectivity index (χ4n) is 2.60. The molecule has 0 spiro atoms. The van der Waals surface area contributed by atoms with E-state index in [4.69, 9.17) is 9.84 Å². The quantitative estimate of drug-likeness (QED) is 0.718. The Morgan fingerprint density at radius 3 is 1.88 bits per heavy atom. The zero-order chi connectivity index (χ0) is 18.7. The van der Waals surface area contributed by atoms with E-state index in [2.05, 4.69) is 60.6 Å². The summed E-state index contributed by atoms with van der Waals surface area (Å²) >= 11 is 0. The SMILES string of the molecule is CCCOc1c(C(C)(C)C)cc(/C(C)=C/C(=O)O)cc1C(C)(C)C. The molecule has 0 fully saturated rings. The topological polar surface area (TPSA) is 46.5 Å². The molecule has 1 aromatic carbocycles. The molecule has 0 aliphatic carbocycles. The van der Waals surface area contributed by atoms with Gasteiger partial charge in [-0.2, -0.15) is 0 Å². The normalized spacial score (nSPS) is 13.1. The maximum absolute atomic E-state index is 11.1. The van der Waals surface area contributed by atoms with Crippen LogP contribution in [0, 0.1) is 0 Å². The van der Waals surface area contributed by atoms with Crippen molar-refractivity contribution in [3.8, 4) is 5.75 Å². The van der Waals surface area contributed by atoms with E-state index in [0.717, 1.165) is 34.4 Å². The van der Waals surface area contributed by atoms with Crippen LogP contribution in [0.25, 0.3) is 5.57 Å². The smallest absolute Gasteiger partial charge is 0.328 e. The summed E-state index contributed by atoms with van der Waals surface area (Å²) in [7, 11) is 0. The van der Waals surface area contributed by atoms with E-state index in [1.54, 1.807) is 0 Å². The van der Waals surface area contributed by atoms with Gasteiger partial charge in [0.25, 0.3) is 0 Å². The fourth-order valence-corrected chi connectivity index (χ4v) is 2.60. The molecule has 134 valence electrons. The molecule has 1 N–H and O–H groups in total. The second kappa shape index (κ2) is 7.42. The number of carbonyl (C=O) groups is 1. The Morgan fingerprint density at radius 2 is 1.54 bits per heavy atom. The van der Waals surface area contributed by atoms with Crippen LogP contribution in [0.4, 0.5) is 0 Å². The van der Waals surface area contributed by atoms with E-state index < -0.39 is 5.97 Å². The van der Waals surface area contributed by atoms with Crippen molar-refractivity contribution < 1.29 is 14.6 Å². The van der Waals surface area contributed by atoms with Gasteiger partial charge in [0, 0.05) is 17.2 Å². The molecule has 0 atom stereocenters. The minimum absolute atomic E-state index is 0.0947. The molecule has 0 aliphatic rings. The highest BCUT2D eigenvalue weighted by Crippen LogP contribution is 2.41. The fraction of sp³-hybridized carbons (Fsp3) is 0.571. The molecule has 1 aromatic rings. The van der Waals surface area contributed by atoms with Crippen LogP contribution in [0.1, 0.15) is 78.5 Å². The molecular formula is C21H32O3. The van der Waals surface area contributed by atoms with Gasteiger partial charge in [-0.3, -0.25) is 0 Å². The number of hydrogen-bond acceptors (Lipinski definition) is 2. The van der Waals surface area contributed by atoms with Crippen molar-refractivity contribution in [1.82, 2.24) is 0 Å². The highest BCUT2D eigenvalue weighted by atomic mass is 16.5. The van der Waals surface area contributed by atoms with E-state index in [9.17, 15) is 4.79 Å². The van der Waals surface area contributed by atoms with Crippen LogP contribution in [0.3, 0.4) is 0 Å². The molecule has 0 bridgehead atoms. The summed E-state index contributed by atoms with van der Waals surface area (Å²) in [5.41, 5.74) is 3.75. The lowest BCUT2D eigenvalue weighted by atomic mass is 9.77. The monoisotopic (exact) mass is 332 g/mol. The van der Waals surface area contributed by atoms with E-state index >= 15 is 0 Å². The summed E-state index contributed by atoms with van der Waals surface area (Å²) in [6.07, 6.45) is 2.22. The number of hydrogen-bond donors (Lipinski definition) is 1. The van der Waals surface area contributed by atoms with Crippen LogP contribution >= 0.6 is 0 Å². The lowest BCUT2D eigenvalue weighted by Gasteiger charge is -2.30. The predicted octanol–water partition coefficient (Wildman–Crippen LogP) is 5.56. The summed E-state index contributed by atoms with van der Waals surface area (Å²) in [4.78, 5) is 11.1. The Bertz CT molecular complexity index is 590. The van der Waals surface area contributed by atoms with E-state index in [1.807, 2.05) is 6.92 Å².